The lowest BCUT2D eigenvalue weighted by molar-refractivity contribution is 0.426. The van der Waals surface area contributed by atoms with Gasteiger partial charge in [-0.05, 0) is 68.0 Å². The maximum absolute atomic E-state index is 12.8. The second kappa shape index (κ2) is 7.29. The molecule has 0 atom stereocenters. The average Bonchev–Trinajstić information content (AvgIpc) is 3.38. The molecule has 1 aromatic carbocycles. The molecule has 0 spiro atoms. The fraction of sp³-hybridized carbons (Fsp3) is 0.300. The Balaban J connectivity index is 1.41. The van der Waals surface area contributed by atoms with Gasteiger partial charge in [0.15, 0.2) is 17.3 Å². The SMILES string of the molecule is Cc1noc(-c2cccn3c(CNS(=O)(=O)c4ccc5c(c4)CCCC5)nnc23)n1. The van der Waals surface area contributed by atoms with Gasteiger partial charge in [0, 0.05) is 6.20 Å². The van der Waals surface area contributed by atoms with Gasteiger partial charge in [-0.1, -0.05) is 11.2 Å². The summed E-state index contributed by atoms with van der Waals surface area (Å²) in [5.74, 6) is 1.32. The topological polar surface area (TPSA) is 115 Å². The number of pyridine rings is 1. The molecule has 1 N–H and O–H groups in total. The van der Waals surface area contributed by atoms with E-state index in [2.05, 4.69) is 25.1 Å². The summed E-state index contributed by atoms with van der Waals surface area (Å²) in [6, 6.07) is 8.98. The van der Waals surface area contributed by atoms with Crippen molar-refractivity contribution in [2.45, 2.75) is 44.0 Å². The Morgan fingerprint density at radius 2 is 1.97 bits per heavy atom. The van der Waals surface area contributed by atoms with E-state index in [1.54, 1.807) is 41.8 Å². The molecule has 1 aliphatic rings. The summed E-state index contributed by atoms with van der Waals surface area (Å²) in [4.78, 5) is 4.51. The van der Waals surface area contributed by atoms with E-state index in [1.807, 2.05) is 6.07 Å². The van der Waals surface area contributed by atoms with Crippen molar-refractivity contribution in [2.75, 3.05) is 0 Å². The Kier molecular flexibility index (Phi) is 4.59. The lowest BCUT2D eigenvalue weighted by Crippen LogP contribution is -2.24. The van der Waals surface area contributed by atoms with Crippen LogP contribution in [0.2, 0.25) is 0 Å². The highest BCUT2D eigenvalue weighted by atomic mass is 32.2. The average molecular weight is 424 g/mol. The number of hydrogen-bond acceptors (Lipinski definition) is 7. The molecule has 10 heteroatoms. The number of fused-ring (bicyclic) bond motifs is 2. The first-order chi connectivity index (χ1) is 14.5. The third kappa shape index (κ3) is 3.37. The smallest absolute Gasteiger partial charge is 0.261 e. The summed E-state index contributed by atoms with van der Waals surface area (Å²) < 4.78 is 35.3. The van der Waals surface area contributed by atoms with Gasteiger partial charge in [-0.25, -0.2) is 13.1 Å². The van der Waals surface area contributed by atoms with Crippen LogP contribution in [-0.2, 0) is 29.4 Å². The zero-order valence-corrected chi connectivity index (χ0v) is 17.2. The van der Waals surface area contributed by atoms with E-state index in [0.717, 1.165) is 31.2 Å². The second-order valence-electron chi connectivity index (χ2n) is 7.34. The van der Waals surface area contributed by atoms with E-state index >= 15 is 0 Å². The number of rotatable bonds is 5. The molecule has 3 heterocycles. The number of nitrogens with zero attached hydrogens (tertiary/aromatic N) is 5. The number of benzene rings is 1. The van der Waals surface area contributed by atoms with Crippen LogP contribution in [-0.4, -0.2) is 33.2 Å². The zero-order valence-electron chi connectivity index (χ0n) is 16.4. The molecular formula is C20H20N6O3S. The van der Waals surface area contributed by atoms with Crippen LogP contribution >= 0.6 is 0 Å². The molecule has 0 bridgehead atoms. The molecule has 30 heavy (non-hydrogen) atoms. The highest BCUT2D eigenvalue weighted by Crippen LogP contribution is 2.25. The van der Waals surface area contributed by atoms with Crippen LogP contribution in [0, 0.1) is 6.92 Å². The van der Waals surface area contributed by atoms with E-state index in [4.69, 9.17) is 4.52 Å². The van der Waals surface area contributed by atoms with Crippen molar-refractivity contribution in [3.05, 3.63) is 59.3 Å². The Labute approximate surface area is 173 Å². The van der Waals surface area contributed by atoms with Gasteiger partial charge in [-0.2, -0.15) is 4.98 Å². The van der Waals surface area contributed by atoms with Crippen molar-refractivity contribution in [1.82, 2.24) is 29.5 Å². The Morgan fingerprint density at radius 1 is 1.13 bits per heavy atom. The molecule has 3 aromatic heterocycles. The predicted molar refractivity (Wildman–Crippen MR) is 108 cm³/mol. The maximum atomic E-state index is 12.8. The lowest BCUT2D eigenvalue weighted by Gasteiger charge is -2.16. The van der Waals surface area contributed by atoms with Crippen LogP contribution in [0.3, 0.4) is 0 Å². The summed E-state index contributed by atoms with van der Waals surface area (Å²) in [6.45, 7) is 1.74. The molecule has 0 unspecified atom stereocenters. The van der Waals surface area contributed by atoms with Crippen molar-refractivity contribution >= 4 is 15.7 Å². The first-order valence-corrected chi connectivity index (χ1v) is 11.2. The van der Waals surface area contributed by atoms with Gasteiger partial charge in [0.05, 0.1) is 17.0 Å². The molecule has 0 fully saturated rings. The minimum absolute atomic E-state index is 0.00684. The third-order valence-corrected chi connectivity index (χ3v) is 6.71. The zero-order chi connectivity index (χ0) is 20.7. The minimum Gasteiger partial charge on any atom is -0.334 e. The Hall–Kier alpha value is -3.11. The van der Waals surface area contributed by atoms with Gasteiger partial charge in [0.2, 0.25) is 10.0 Å². The summed E-state index contributed by atoms with van der Waals surface area (Å²) in [6.07, 6.45) is 5.95. The molecule has 154 valence electrons. The number of aryl methyl sites for hydroxylation is 3. The van der Waals surface area contributed by atoms with Crippen molar-refractivity contribution < 1.29 is 12.9 Å². The maximum Gasteiger partial charge on any atom is 0.261 e. The van der Waals surface area contributed by atoms with E-state index in [-0.39, 0.29) is 11.4 Å². The summed E-state index contributed by atoms with van der Waals surface area (Å²) in [5.41, 5.74) is 3.52. The van der Waals surface area contributed by atoms with E-state index in [9.17, 15) is 8.42 Å². The van der Waals surface area contributed by atoms with Crippen LogP contribution in [0.1, 0.15) is 35.6 Å². The van der Waals surface area contributed by atoms with Gasteiger partial charge in [0.25, 0.3) is 5.89 Å². The van der Waals surface area contributed by atoms with Crippen molar-refractivity contribution in [1.29, 1.82) is 0 Å². The van der Waals surface area contributed by atoms with Gasteiger partial charge < -0.3 is 4.52 Å². The van der Waals surface area contributed by atoms with Gasteiger partial charge in [-0.3, -0.25) is 4.40 Å². The summed E-state index contributed by atoms with van der Waals surface area (Å²) in [7, 11) is -3.67. The largest absolute Gasteiger partial charge is 0.334 e. The first-order valence-electron chi connectivity index (χ1n) is 9.76. The highest BCUT2D eigenvalue weighted by Gasteiger charge is 2.20. The monoisotopic (exact) mass is 424 g/mol. The van der Waals surface area contributed by atoms with Crippen LogP contribution in [0.5, 0.6) is 0 Å². The summed E-state index contributed by atoms with van der Waals surface area (Å²) in [5, 5.41) is 12.1. The van der Waals surface area contributed by atoms with E-state index < -0.39 is 10.0 Å². The van der Waals surface area contributed by atoms with Gasteiger partial charge in [0.1, 0.15) is 0 Å². The standard InChI is InChI=1S/C20H20N6O3S/c1-13-22-20(29-25-13)17-7-4-10-26-18(23-24-19(17)26)12-21-30(27,28)16-9-8-14-5-2-3-6-15(14)11-16/h4,7-11,21H,2-3,5-6,12H2,1H3. The van der Waals surface area contributed by atoms with E-state index in [0.29, 0.717) is 28.8 Å². The minimum atomic E-state index is -3.67. The van der Waals surface area contributed by atoms with E-state index in [1.165, 1.54) is 5.56 Å². The van der Waals surface area contributed by atoms with Crippen molar-refractivity contribution in [3.8, 4) is 11.5 Å². The normalized spacial score (nSPS) is 14.2. The molecule has 0 amide bonds. The lowest BCUT2D eigenvalue weighted by atomic mass is 9.92. The number of sulfonamides is 1. The third-order valence-electron chi connectivity index (χ3n) is 5.31. The highest BCUT2D eigenvalue weighted by molar-refractivity contribution is 7.89. The fourth-order valence-electron chi connectivity index (χ4n) is 3.78. The fourth-order valence-corrected chi connectivity index (χ4v) is 4.81. The number of nitrogens with one attached hydrogen (secondary N) is 1. The summed E-state index contributed by atoms with van der Waals surface area (Å²) >= 11 is 0. The number of aromatic nitrogens is 5. The predicted octanol–water partition coefficient (Wildman–Crippen LogP) is 2.45. The molecule has 0 aliphatic heterocycles. The van der Waals surface area contributed by atoms with Crippen LogP contribution in [0.15, 0.2) is 45.9 Å². The van der Waals surface area contributed by atoms with Crippen LogP contribution in [0.25, 0.3) is 17.1 Å². The van der Waals surface area contributed by atoms with Crippen molar-refractivity contribution in [2.24, 2.45) is 0 Å². The first kappa shape index (κ1) is 18.9. The van der Waals surface area contributed by atoms with Crippen LogP contribution < -0.4 is 4.72 Å². The molecule has 0 saturated carbocycles. The molecular weight excluding hydrogens is 404 g/mol. The quantitative estimate of drug-likeness (QED) is 0.523. The molecule has 0 saturated heterocycles. The molecule has 0 radical (unpaired) electrons. The second-order valence-corrected chi connectivity index (χ2v) is 9.11. The molecule has 1 aliphatic carbocycles. The molecule has 4 aromatic rings. The van der Waals surface area contributed by atoms with Crippen molar-refractivity contribution in [3.63, 3.8) is 0 Å². The molecule has 9 nitrogen and oxygen atoms in total. The Bertz CT molecular complexity index is 1340. The number of hydrogen-bond donors (Lipinski definition) is 1. The van der Waals surface area contributed by atoms with Gasteiger partial charge in [-0.15, -0.1) is 10.2 Å². The van der Waals surface area contributed by atoms with Crippen LogP contribution in [0.4, 0.5) is 0 Å². The van der Waals surface area contributed by atoms with Gasteiger partial charge >= 0.3 is 0 Å². The molecule has 5 rings (SSSR count). The Morgan fingerprint density at radius 3 is 2.77 bits per heavy atom.